The summed E-state index contributed by atoms with van der Waals surface area (Å²) >= 11 is 11.8. The molecule has 12 nitrogen and oxygen atoms in total. The first kappa shape index (κ1) is 31.0. The Bertz CT molecular complexity index is 1090. The number of carbonyl (C=O) groups excluding carboxylic acids is 2. The molecule has 0 aliphatic carbocycles. The summed E-state index contributed by atoms with van der Waals surface area (Å²) in [6, 6.07) is 11.7. The van der Waals surface area contributed by atoms with Crippen LogP contribution in [0.5, 0.6) is 0 Å². The molecule has 14 heteroatoms. The number of nitrogens with one attached hydrogen (secondary N) is 4. The molecule has 2 aromatic rings. The lowest BCUT2D eigenvalue weighted by atomic mass is 10.2. The van der Waals surface area contributed by atoms with Crippen LogP contribution in [0.4, 0.5) is 21.0 Å². The number of nitrogens with zero attached hydrogens (tertiary/aromatic N) is 4. The number of hydrogen-bond donors (Lipinski definition) is 6. The number of nitrogens with two attached hydrogens (primary N) is 2. The van der Waals surface area contributed by atoms with Gasteiger partial charge in [-0.2, -0.15) is 0 Å². The number of guanidine groups is 2. The van der Waals surface area contributed by atoms with Crippen molar-refractivity contribution in [3.8, 4) is 0 Å². The zero-order valence-electron chi connectivity index (χ0n) is 22.5. The lowest BCUT2D eigenvalue weighted by Gasteiger charge is -2.39. The van der Waals surface area contributed by atoms with Crippen LogP contribution in [0.2, 0.25) is 10.0 Å². The molecule has 0 aromatic heterocycles. The molecular formula is C26H36Cl2N10O2. The second kappa shape index (κ2) is 14.2. The van der Waals surface area contributed by atoms with Gasteiger partial charge in [0, 0.05) is 60.7 Å². The summed E-state index contributed by atoms with van der Waals surface area (Å²) in [7, 11) is 0. The summed E-state index contributed by atoms with van der Waals surface area (Å²) in [5.74, 6) is -0.680. The Labute approximate surface area is 244 Å². The molecule has 3 rings (SSSR count). The van der Waals surface area contributed by atoms with Gasteiger partial charge in [0.25, 0.3) is 0 Å². The van der Waals surface area contributed by atoms with Gasteiger partial charge < -0.3 is 22.1 Å². The molecule has 216 valence electrons. The minimum absolute atomic E-state index is 0.340. The van der Waals surface area contributed by atoms with Gasteiger partial charge in [-0.25, -0.2) is 9.59 Å². The minimum atomic E-state index is -0.490. The summed E-state index contributed by atoms with van der Waals surface area (Å²) in [6.07, 6.45) is 0. The van der Waals surface area contributed by atoms with E-state index < -0.39 is 12.1 Å². The van der Waals surface area contributed by atoms with E-state index in [2.05, 4.69) is 20.4 Å². The number of amides is 4. The number of urea groups is 2. The van der Waals surface area contributed by atoms with Gasteiger partial charge in [-0.3, -0.25) is 30.4 Å². The van der Waals surface area contributed by atoms with Gasteiger partial charge >= 0.3 is 12.1 Å². The first-order valence-corrected chi connectivity index (χ1v) is 13.5. The van der Waals surface area contributed by atoms with Crippen LogP contribution >= 0.6 is 23.2 Å². The number of benzene rings is 2. The van der Waals surface area contributed by atoms with E-state index in [4.69, 9.17) is 45.5 Å². The molecule has 1 aliphatic rings. The summed E-state index contributed by atoms with van der Waals surface area (Å²) < 4.78 is 0. The number of anilines is 2. The Morgan fingerprint density at radius 1 is 0.750 bits per heavy atom. The molecule has 40 heavy (non-hydrogen) atoms. The van der Waals surface area contributed by atoms with Crippen LogP contribution in [-0.4, -0.2) is 94.9 Å². The molecule has 1 aliphatic heterocycles. The topological polar surface area (TPSA) is 171 Å². The Morgan fingerprint density at radius 2 is 1.05 bits per heavy atom. The number of rotatable bonds is 8. The van der Waals surface area contributed by atoms with E-state index >= 15 is 0 Å². The maximum Gasteiger partial charge on any atom is 0.328 e. The highest BCUT2D eigenvalue weighted by atomic mass is 35.5. The third kappa shape index (κ3) is 8.71. The van der Waals surface area contributed by atoms with Gasteiger partial charge in [0.15, 0.2) is 11.9 Å². The van der Waals surface area contributed by atoms with Crippen molar-refractivity contribution in [3.63, 3.8) is 0 Å². The Morgan fingerprint density at radius 3 is 1.32 bits per heavy atom. The highest BCUT2D eigenvalue weighted by Crippen LogP contribution is 2.17. The zero-order chi connectivity index (χ0) is 29.4. The lowest BCUT2D eigenvalue weighted by molar-refractivity contribution is 0.103. The van der Waals surface area contributed by atoms with E-state index in [9.17, 15) is 9.59 Å². The van der Waals surface area contributed by atoms with E-state index in [-0.39, 0.29) is 24.0 Å². The SMILES string of the molecule is CC(CN1CCN(CC(C)N(C(=N)N)C(=O)Nc2ccc(Cl)cc2)CC1)N(C(=N)N)C(=O)Nc1ccc(Cl)cc1. The Balaban J connectivity index is 1.51. The lowest BCUT2D eigenvalue weighted by Crippen LogP contribution is -2.57. The van der Waals surface area contributed by atoms with Crippen LogP contribution in [0, 0.1) is 10.8 Å². The maximum atomic E-state index is 12.9. The fourth-order valence-corrected chi connectivity index (χ4v) is 4.84. The van der Waals surface area contributed by atoms with E-state index in [1.54, 1.807) is 48.5 Å². The summed E-state index contributed by atoms with van der Waals surface area (Å²) in [5.41, 5.74) is 12.6. The fraction of sp³-hybridized carbons (Fsp3) is 0.385. The second-order valence-corrected chi connectivity index (χ2v) is 10.6. The number of piperazine rings is 1. The van der Waals surface area contributed by atoms with Crippen molar-refractivity contribution >= 4 is 58.6 Å². The fourth-order valence-electron chi connectivity index (χ4n) is 4.59. The number of carbonyl (C=O) groups is 2. The summed E-state index contributed by atoms with van der Waals surface area (Å²) in [5, 5.41) is 22.5. The normalized spacial score (nSPS) is 15.5. The van der Waals surface area contributed by atoms with E-state index in [0.29, 0.717) is 34.5 Å². The summed E-state index contributed by atoms with van der Waals surface area (Å²) in [6.45, 7) is 7.64. The van der Waals surface area contributed by atoms with Crippen molar-refractivity contribution < 1.29 is 9.59 Å². The van der Waals surface area contributed by atoms with Crippen LogP contribution < -0.4 is 22.1 Å². The van der Waals surface area contributed by atoms with Gasteiger partial charge in [0.1, 0.15) is 0 Å². The van der Waals surface area contributed by atoms with E-state index in [1.807, 2.05) is 13.8 Å². The first-order valence-electron chi connectivity index (χ1n) is 12.8. The molecule has 0 saturated carbocycles. The highest BCUT2D eigenvalue weighted by molar-refractivity contribution is 6.31. The van der Waals surface area contributed by atoms with Gasteiger partial charge in [-0.1, -0.05) is 23.2 Å². The zero-order valence-corrected chi connectivity index (χ0v) is 24.0. The average Bonchev–Trinajstić information content (AvgIpc) is 2.87. The number of halogens is 2. The Hall–Kier alpha value is -3.58. The molecule has 2 atom stereocenters. The minimum Gasteiger partial charge on any atom is -0.370 e. The van der Waals surface area contributed by atoms with Gasteiger partial charge in [-0.15, -0.1) is 0 Å². The summed E-state index contributed by atoms with van der Waals surface area (Å²) in [4.78, 5) is 32.6. The maximum absolute atomic E-state index is 12.9. The van der Waals surface area contributed by atoms with Crippen molar-refractivity contribution in [2.24, 2.45) is 11.5 Å². The standard InChI is InChI=1S/C26H36Cl2N10O2/c1-17(37(23(29)30)25(39)33-21-7-3-19(27)4-8-21)15-35-11-13-36(14-12-35)16-18(2)38(24(31)32)26(40)34-22-9-5-20(28)6-10-22/h3-10,17-18H,11-16H2,1-2H3,(H3,29,30)(H3,31,32)(H,33,39)(H,34,40). The second-order valence-electron chi connectivity index (χ2n) is 9.68. The predicted octanol–water partition coefficient (Wildman–Crippen LogP) is 3.54. The van der Waals surface area contributed by atoms with Gasteiger partial charge in [0.2, 0.25) is 0 Å². The van der Waals surface area contributed by atoms with Crippen molar-refractivity contribution in [1.82, 2.24) is 19.6 Å². The van der Waals surface area contributed by atoms with Crippen LogP contribution in [-0.2, 0) is 0 Å². The van der Waals surface area contributed by atoms with E-state index in [0.717, 1.165) is 26.2 Å². The monoisotopic (exact) mass is 590 g/mol. The van der Waals surface area contributed by atoms with Crippen LogP contribution in [0.1, 0.15) is 13.8 Å². The largest absolute Gasteiger partial charge is 0.370 e. The molecule has 0 radical (unpaired) electrons. The van der Waals surface area contributed by atoms with Crippen molar-refractivity contribution in [2.45, 2.75) is 25.9 Å². The molecular weight excluding hydrogens is 555 g/mol. The molecule has 1 heterocycles. The molecule has 2 aromatic carbocycles. The third-order valence-corrected chi connectivity index (χ3v) is 7.04. The molecule has 0 bridgehead atoms. The third-order valence-electron chi connectivity index (χ3n) is 6.54. The Kier molecular flexibility index (Phi) is 11.0. The first-order chi connectivity index (χ1) is 18.9. The van der Waals surface area contributed by atoms with Gasteiger partial charge in [0.05, 0.1) is 12.1 Å². The van der Waals surface area contributed by atoms with Gasteiger partial charge in [-0.05, 0) is 62.4 Å². The van der Waals surface area contributed by atoms with Crippen molar-refractivity contribution in [3.05, 3.63) is 58.6 Å². The van der Waals surface area contributed by atoms with Crippen molar-refractivity contribution in [2.75, 3.05) is 49.9 Å². The predicted molar refractivity (Wildman–Crippen MR) is 160 cm³/mol. The molecule has 2 unspecified atom stereocenters. The van der Waals surface area contributed by atoms with Crippen LogP contribution in [0.25, 0.3) is 0 Å². The van der Waals surface area contributed by atoms with Crippen LogP contribution in [0.3, 0.4) is 0 Å². The molecule has 1 saturated heterocycles. The average molecular weight is 592 g/mol. The molecule has 1 fully saturated rings. The quantitative estimate of drug-likeness (QED) is 0.203. The molecule has 8 N–H and O–H groups in total. The molecule has 4 amide bonds. The molecule has 0 spiro atoms. The van der Waals surface area contributed by atoms with Crippen LogP contribution in [0.15, 0.2) is 48.5 Å². The van der Waals surface area contributed by atoms with E-state index in [1.165, 1.54) is 9.80 Å². The van der Waals surface area contributed by atoms with Crippen molar-refractivity contribution in [1.29, 1.82) is 10.8 Å². The highest BCUT2D eigenvalue weighted by Gasteiger charge is 2.29. The smallest absolute Gasteiger partial charge is 0.328 e. The number of hydrogen-bond acceptors (Lipinski definition) is 6.